The highest BCUT2D eigenvalue weighted by Crippen LogP contribution is 2.10. The first-order valence-electron chi connectivity index (χ1n) is 9.50. The van der Waals surface area contributed by atoms with Gasteiger partial charge in [0.25, 0.3) is 0 Å². The molecule has 26 heavy (non-hydrogen) atoms. The van der Waals surface area contributed by atoms with E-state index in [-0.39, 0.29) is 5.91 Å². The van der Waals surface area contributed by atoms with Crippen LogP contribution in [0.2, 0.25) is 0 Å². The first-order chi connectivity index (χ1) is 12.8. The van der Waals surface area contributed by atoms with Gasteiger partial charge in [-0.2, -0.15) is 0 Å². The van der Waals surface area contributed by atoms with Crippen LogP contribution in [0.5, 0.6) is 0 Å². The summed E-state index contributed by atoms with van der Waals surface area (Å²) >= 11 is 0. The van der Waals surface area contributed by atoms with Gasteiger partial charge < -0.3 is 20.5 Å². The van der Waals surface area contributed by atoms with Gasteiger partial charge in [0.15, 0.2) is 5.96 Å². The van der Waals surface area contributed by atoms with Crippen LogP contribution >= 0.6 is 0 Å². The van der Waals surface area contributed by atoms with Crippen molar-refractivity contribution in [1.82, 2.24) is 25.5 Å². The van der Waals surface area contributed by atoms with Crippen molar-refractivity contribution in [2.24, 2.45) is 4.99 Å². The van der Waals surface area contributed by atoms with E-state index in [4.69, 9.17) is 0 Å². The van der Waals surface area contributed by atoms with Crippen LogP contribution in [0.25, 0.3) is 11.0 Å². The zero-order chi connectivity index (χ0) is 18.2. The Morgan fingerprint density at radius 3 is 3.00 bits per heavy atom. The van der Waals surface area contributed by atoms with Crippen molar-refractivity contribution >= 4 is 22.9 Å². The highest BCUT2D eigenvalue weighted by Gasteiger charge is 2.18. The molecule has 2 aromatic rings. The maximum atomic E-state index is 11.6. The zero-order valence-electron chi connectivity index (χ0n) is 15.4. The van der Waals surface area contributed by atoms with Gasteiger partial charge in [0.1, 0.15) is 5.82 Å². The number of aromatic nitrogens is 2. The fourth-order valence-electron chi connectivity index (χ4n) is 3.16. The molecular weight excluding hydrogens is 328 g/mol. The molecule has 7 heteroatoms. The maximum absolute atomic E-state index is 11.6. The smallest absolute Gasteiger partial charge is 0.222 e. The average molecular weight is 356 g/mol. The van der Waals surface area contributed by atoms with E-state index < -0.39 is 0 Å². The Bertz CT molecular complexity index is 720. The van der Waals surface area contributed by atoms with Gasteiger partial charge in [-0.05, 0) is 31.9 Å². The largest absolute Gasteiger partial charge is 0.357 e. The number of nitrogens with zero attached hydrogens (tertiary/aromatic N) is 3. The molecular formula is C19H28N6O. The molecule has 0 saturated carbocycles. The Balaban J connectivity index is 1.42. The summed E-state index contributed by atoms with van der Waals surface area (Å²) in [6.45, 7) is 6.06. The zero-order valence-corrected chi connectivity index (χ0v) is 15.4. The van der Waals surface area contributed by atoms with Crippen LogP contribution in [-0.2, 0) is 11.2 Å². The van der Waals surface area contributed by atoms with Crippen molar-refractivity contribution in [2.45, 2.75) is 32.6 Å². The Kier molecular flexibility index (Phi) is 6.46. The van der Waals surface area contributed by atoms with Gasteiger partial charge in [-0.25, -0.2) is 4.98 Å². The highest BCUT2D eigenvalue weighted by molar-refractivity contribution is 5.80. The first-order valence-corrected chi connectivity index (χ1v) is 9.50. The van der Waals surface area contributed by atoms with Crippen LogP contribution in [0, 0.1) is 0 Å². The van der Waals surface area contributed by atoms with E-state index in [9.17, 15) is 4.79 Å². The third-order valence-corrected chi connectivity index (χ3v) is 4.46. The molecule has 1 amide bonds. The van der Waals surface area contributed by atoms with E-state index in [0.29, 0.717) is 13.0 Å². The number of para-hydroxylation sites is 2. The van der Waals surface area contributed by atoms with E-state index in [0.717, 1.165) is 68.3 Å². The van der Waals surface area contributed by atoms with Gasteiger partial charge in [-0.15, -0.1) is 0 Å². The van der Waals surface area contributed by atoms with E-state index in [1.165, 1.54) is 0 Å². The number of rotatable bonds is 8. The lowest BCUT2D eigenvalue weighted by Gasteiger charge is -2.15. The second kappa shape index (κ2) is 9.22. The summed E-state index contributed by atoms with van der Waals surface area (Å²) in [6.07, 6.45) is 3.40. The molecule has 0 unspecified atom stereocenters. The van der Waals surface area contributed by atoms with Crippen molar-refractivity contribution in [2.75, 3.05) is 32.7 Å². The van der Waals surface area contributed by atoms with Crippen molar-refractivity contribution in [3.63, 3.8) is 0 Å². The van der Waals surface area contributed by atoms with E-state index in [1.807, 2.05) is 29.2 Å². The average Bonchev–Trinajstić information content (AvgIpc) is 3.24. The fourth-order valence-corrected chi connectivity index (χ4v) is 3.16. The van der Waals surface area contributed by atoms with Crippen molar-refractivity contribution < 1.29 is 4.79 Å². The molecule has 7 nitrogen and oxygen atoms in total. The number of H-pyrrole nitrogens is 1. The Hall–Kier alpha value is -2.57. The number of fused-ring (bicyclic) bond motifs is 1. The number of likely N-dealkylation sites (tertiary alicyclic amines) is 1. The number of aromatic amines is 1. The van der Waals surface area contributed by atoms with Gasteiger partial charge in [-0.3, -0.25) is 9.79 Å². The Morgan fingerprint density at radius 1 is 1.35 bits per heavy atom. The quantitative estimate of drug-likeness (QED) is 0.382. The SMILES string of the molecule is CCNC(=NCCCN1CCCC1=O)NCCc1nc2ccccc2[nH]1. The van der Waals surface area contributed by atoms with Crippen molar-refractivity contribution in [1.29, 1.82) is 0 Å². The Labute approximate surface area is 154 Å². The van der Waals surface area contributed by atoms with Gasteiger partial charge >= 0.3 is 0 Å². The topological polar surface area (TPSA) is 85.4 Å². The molecule has 3 rings (SSSR count). The monoisotopic (exact) mass is 356 g/mol. The third-order valence-electron chi connectivity index (χ3n) is 4.46. The lowest BCUT2D eigenvalue weighted by atomic mass is 10.3. The number of imidazole rings is 1. The molecule has 1 saturated heterocycles. The van der Waals surface area contributed by atoms with Crippen LogP contribution in [-0.4, -0.2) is 59.5 Å². The summed E-state index contributed by atoms with van der Waals surface area (Å²) in [6, 6.07) is 8.06. The van der Waals surface area contributed by atoms with Gasteiger partial charge in [0, 0.05) is 45.6 Å². The fraction of sp³-hybridized carbons (Fsp3) is 0.526. The molecule has 0 radical (unpaired) electrons. The minimum absolute atomic E-state index is 0.282. The summed E-state index contributed by atoms with van der Waals surface area (Å²) < 4.78 is 0. The van der Waals surface area contributed by atoms with E-state index in [2.05, 4.69) is 32.5 Å². The minimum Gasteiger partial charge on any atom is -0.357 e. The number of nitrogens with one attached hydrogen (secondary N) is 3. The molecule has 0 spiro atoms. The molecule has 0 bridgehead atoms. The van der Waals surface area contributed by atoms with Gasteiger partial charge in [0.2, 0.25) is 5.91 Å². The standard InChI is InChI=1S/C19H28N6O/c1-2-20-19(21-11-6-14-25-13-5-9-18(25)26)22-12-10-17-23-15-7-3-4-8-16(15)24-17/h3-4,7-8H,2,5-6,9-14H2,1H3,(H,23,24)(H2,20,21,22). The predicted molar refractivity (Wildman–Crippen MR) is 104 cm³/mol. The number of amides is 1. The molecule has 1 aliphatic rings. The lowest BCUT2D eigenvalue weighted by Crippen LogP contribution is -2.38. The van der Waals surface area contributed by atoms with E-state index >= 15 is 0 Å². The number of benzene rings is 1. The minimum atomic E-state index is 0.282. The summed E-state index contributed by atoms with van der Waals surface area (Å²) in [4.78, 5) is 26.1. The van der Waals surface area contributed by atoms with Crippen LogP contribution < -0.4 is 10.6 Å². The molecule has 3 N–H and O–H groups in total. The normalized spacial score (nSPS) is 15.0. The van der Waals surface area contributed by atoms with E-state index in [1.54, 1.807) is 0 Å². The third kappa shape index (κ3) is 4.97. The molecule has 1 aromatic carbocycles. The molecule has 1 aliphatic heterocycles. The molecule has 140 valence electrons. The van der Waals surface area contributed by atoms with Gasteiger partial charge in [-0.1, -0.05) is 12.1 Å². The number of guanidine groups is 1. The summed E-state index contributed by atoms with van der Waals surface area (Å²) in [5.74, 6) is 2.07. The summed E-state index contributed by atoms with van der Waals surface area (Å²) in [5, 5.41) is 6.61. The number of carbonyl (C=O) groups excluding carboxylic acids is 1. The molecule has 0 aliphatic carbocycles. The van der Waals surface area contributed by atoms with Crippen LogP contribution in [0.15, 0.2) is 29.3 Å². The molecule has 0 atom stereocenters. The van der Waals surface area contributed by atoms with Crippen LogP contribution in [0.4, 0.5) is 0 Å². The van der Waals surface area contributed by atoms with Crippen molar-refractivity contribution in [3.05, 3.63) is 30.1 Å². The number of hydrogen-bond donors (Lipinski definition) is 3. The molecule has 1 fully saturated rings. The first kappa shape index (κ1) is 18.2. The maximum Gasteiger partial charge on any atom is 0.222 e. The summed E-state index contributed by atoms with van der Waals surface area (Å²) in [5.41, 5.74) is 2.07. The summed E-state index contributed by atoms with van der Waals surface area (Å²) in [7, 11) is 0. The molecule has 2 heterocycles. The highest BCUT2D eigenvalue weighted by atomic mass is 16.2. The lowest BCUT2D eigenvalue weighted by molar-refractivity contribution is -0.127. The molecule has 1 aromatic heterocycles. The predicted octanol–water partition coefficient (Wildman–Crippen LogP) is 1.67. The number of aliphatic imine (C=N–C) groups is 1. The van der Waals surface area contributed by atoms with Crippen molar-refractivity contribution in [3.8, 4) is 0 Å². The van der Waals surface area contributed by atoms with Crippen LogP contribution in [0.1, 0.15) is 32.0 Å². The number of hydrogen-bond acceptors (Lipinski definition) is 3. The number of carbonyl (C=O) groups is 1. The van der Waals surface area contributed by atoms with Crippen LogP contribution in [0.3, 0.4) is 0 Å². The second-order valence-electron chi connectivity index (χ2n) is 6.48. The Morgan fingerprint density at radius 2 is 2.23 bits per heavy atom. The van der Waals surface area contributed by atoms with Gasteiger partial charge in [0.05, 0.1) is 11.0 Å². The second-order valence-corrected chi connectivity index (χ2v) is 6.48.